The highest BCUT2D eigenvalue weighted by Crippen LogP contribution is 2.45. The Labute approximate surface area is 264 Å². The van der Waals surface area contributed by atoms with Crippen LogP contribution in [0.1, 0.15) is 0 Å². The van der Waals surface area contributed by atoms with Crippen LogP contribution in [-0.4, -0.2) is 240 Å². The highest BCUT2D eigenvalue weighted by molar-refractivity contribution is 5.14. The maximum absolute atomic E-state index is 11.2. The molecule has 4 rings (SSSR count). The van der Waals surface area contributed by atoms with E-state index in [4.69, 9.17) is 44.5 Å². The molecule has 4 heterocycles. The summed E-state index contributed by atoms with van der Waals surface area (Å²) in [6.45, 7) is -3.93. The average Bonchev–Trinajstić information content (AvgIpc) is 3.06. The normalized spacial score (nSPS) is 54.0. The van der Waals surface area contributed by atoms with Crippen molar-refractivity contribution in [1.29, 1.82) is 0 Å². The highest BCUT2D eigenvalue weighted by Gasteiger charge is 2.71. The molecule has 4 fully saturated rings. The van der Waals surface area contributed by atoms with Crippen molar-refractivity contribution in [2.24, 2.45) is 0 Å². The molecule has 0 aliphatic carbocycles. The van der Waals surface area contributed by atoms with Gasteiger partial charge < -0.3 is 116 Å². The van der Waals surface area contributed by atoms with Gasteiger partial charge in [-0.2, -0.15) is 0 Å². The van der Waals surface area contributed by atoms with E-state index >= 15 is 0 Å². The zero-order valence-electron chi connectivity index (χ0n) is 24.3. The first-order valence-corrected chi connectivity index (χ1v) is 14.2. The first-order chi connectivity index (χ1) is 21.9. The van der Waals surface area contributed by atoms with Crippen molar-refractivity contribution >= 4 is 0 Å². The summed E-state index contributed by atoms with van der Waals surface area (Å²) in [5, 5.41) is 177. The lowest BCUT2D eigenvalue weighted by atomic mass is 9.74. The van der Waals surface area contributed by atoms with Gasteiger partial charge in [0, 0.05) is 0 Å². The maximum Gasteiger partial charge on any atom is 0.230 e. The molecule has 3 unspecified atom stereocenters. The van der Waals surface area contributed by atoms with E-state index < -0.39 is 148 Å². The molecule has 4 aliphatic rings. The standard InChI is InChI=1S/C18H32O17.C6H12O6/c19-1-4-6(22)8(24)14(29)18(31,34-4)17(3-21)13(28)9(25)11(27)16(35-17)33-12-5(2-20)32-15(30)10(26)7(12)23;7-1-2-3(8)4(9)5(10)6(11)12-2/h4-16,19-31H,1-3H2;2-11H,1H2/t4-,5-,6+,7-,8+,9-,10?,11-,12-,13-,14-,15?,16-,17+,18+;2-,3-,4+,5-,6?/m11/s1. The Morgan fingerprint density at radius 1 is 0.468 bits per heavy atom. The molecular formula is C24H44O23. The molecule has 23 nitrogen and oxygen atoms in total. The van der Waals surface area contributed by atoms with Crippen LogP contribution in [-0.2, 0) is 23.7 Å². The molecule has 278 valence electrons. The minimum atomic E-state index is -3.36. The number of hydrogen-bond acceptors (Lipinski definition) is 23. The fourth-order valence-corrected chi connectivity index (χ4v) is 5.59. The summed E-state index contributed by atoms with van der Waals surface area (Å²) < 4.78 is 25.3. The summed E-state index contributed by atoms with van der Waals surface area (Å²) >= 11 is 0. The van der Waals surface area contributed by atoms with Crippen LogP contribution in [0.5, 0.6) is 0 Å². The molecule has 0 bridgehead atoms. The largest absolute Gasteiger partial charge is 0.394 e. The van der Waals surface area contributed by atoms with Gasteiger partial charge in [-0.05, 0) is 0 Å². The second-order valence-corrected chi connectivity index (χ2v) is 11.5. The van der Waals surface area contributed by atoms with Gasteiger partial charge in [0.2, 0.25) is 5.79 Å². The fraction of sp³-hybridized carbons (Fsp3) is 1.00. The van der Waals surface area contributed by atoms with E-state index in [9.17, 15) is 66.4 Å². The van der Waals surface area contributed by atoms with Gasteiger partial charge in [0.15, 0.2) is 24.5 Å². The van der Waals surface area contributed by atoms with E-state index in [-0.39, 0.29) is 0 Å². The van der Waals surface area contributed by atoms with E-state index in [0.717, 1.165) is 0 Å². The van der Waals surface area contributed by atoms with Gasteiger partial charge in [-0.3, -0.25) is 0 Å². The number of aliphatic hydroxyl groups excluding tert-OH is 17. The maximum atomic E-state index is 11.2. The van der Waals surface area contributed by atoms with Crippen molar-refractivity contribution in [2.45, 2.75) is 122 Å². The summed E-state index contributed by atoms with van der Waals surface area (Å²) in [6.07, 6.45) is -33.8. The van der Waals surface area contributed by atoms with Gasteiger partial charge in [0.1, 0.15) is 91.6 Å². The van der Waals surface area contributed by atoms with Crippen LogP contribution in [0.25, 0.3) is 0 Å². The molecule has 47 heavy (non-hydrogen) atoms. The molecule has 0 radical (unpaired) electrons. The third kappa shape index (κ3) is 7.30. The second kappa shape index (κ2) is 16.0. The van der Waals surface area contributed by atoms with E-state index in [0.29, 0.717) is 0 Å². The van der Waals surface area contributed by atoms with Crippen LogP contribution < -0.4 is 0 Å². The molecule has 0 saturated carbocycles. The molecule has 0 aromatic rings. The Balaban J connectivity index is 0.000000420. The van der Waals surface area contributed by atoms with Gasteiger partial charge in [-0.15, -0.1) is 0 Å². The predicted octanol–water partition coefficient (Wildman–Crippen LogP) is -12.1. The Bertz CT molecular complexity index is 973. The molecule has 4 saturated heterocycles. The second-order valence-electron chi connectivity index (χ2n) is 11.5. The molecule has 18 N–H and O–H groups in total. The van der Waals surface area contributed by atoms with Crippen LogP contribution >= 0.6 is 0 Å². The molecule has 20 atom stereocenters. The monoisotopic (exact) mass is 700 g/mol. The van der Waals surface area contributed by atoms with Crippen LogP contribution in [0.3, 0.4) is 0 Å². The zero-order chi connectivity index (χ0) is 35.8. The SMILES string of the molecule is OC[C@H]1OC(O)[C@H](O)[C@@H](O)[C@@H]1O.OC[C@H]1O[C@](O)([C@@]2(CO)O[C@@H](O[C@H]3[C@H](O)C(O)C(O)O[C@@H]3CO)[C@H](O)[C@@H](O)[C@H]2O)[C@H](O)[C@@H](O)[C@H]1O. The summed E-state index contributed by atoms with van der Waals surface area (Å²) in [5.74, 6) is -3.36. The van der Waals surface area contributed by atoms with E-state index in [1.54, 1.807) is 0 Å². The molecule has 4 aliphatic heterocycles. The minimum Gasteiger partial charge on any atom is -0.394 e. The van der Waals surface area contributed by atoms with E-state index in [2.05, 4.69) is 4.74 Å². The molecule has 0 aromatic heterocycles. The lowest BCUT2D eigenvalue weighted by Gasteiger charge is -2.58. The van der Waals surface area contributed by atoms with Crippen molar-refractivity contribution in [3.63, 3.8) is 0 Å². The van der Waals surface area contributed by atoms with Crippen molar-refractivity contribution in [3.8, 4) is 0 Å². The lowest BCUT2D eigenvalue weighted by Crippen LogP contribution is -2.82. The summed E-state index contributed by atoms with van der Waals surface area (Å²) in [6, 6.07) is 0. The quantitative estimate of drug-likeness (QED) is 0.117. The smallest absolute Gasteiger partial charge is 0.230 e. The summed E-state index contributed by atoms with van der Waals surface area (Å²) in [7, 11) is 0. The molecule has 23 heteroatoms. The van der Waals surface area contributed by atoms with Crippen molar-refractivity contribution < 1.29 is 116 Å². The average molecular weight is 701 g/mol. The summed E-state index contributed by atoms with van der Waals surface area (Å²) in [4.78, 5) is 0. The minimum absolute atomic E-state index is 0.526. The van der Waals surface area contributed by atoms with Crippen LogP contribution in [0, 0.1) is 0 Å². The molecule has 0 spiro atoms. The highest BCUT2D eigenvalue weighted by atomic mass is 16.8. The first kappa shape index (κ1) is 40.5. The fourth-order valence-electron chi connectivity index (χ4n) is 5.59. The van der Waals surface area contributed by atoms with E-state index in [1.165, 1.54) is 0 Å². The Kier molecular flexibility index (Phi) is 13.8. The first-order valence-electron chi connectivity index (χ1n) is 14.2. The van der Waals surface area contributed by atoms with Gasteiger partial charge >= 0.3 is 0 Å². The third-order valence-corrected chi connectivity index (χ3v) is 8.56. The Morgan fingerprint density at radius 2 is 0.936 bits per heavy atom. The molecular weight excluding hydrogens is 656 g/mol. The number of ether oxygens (including phenoxy) is 5. The summed E-state index contributed by atoms with van der Waals surface area (Å²) in [5.41, 5.74) is -3.03. The predicted molar refractivity (Wildman–Crippen MR) is 138 cm³/mol. The zero-order valence-corrected chi connectivity index (χ0v) is 24.3. The van der Waals surface area contributed by atoms with Gasteiger partial charge in [-0.1, -0.05) is 0 Å². The molecule has 0 amide bonds. The third-order valence-electron chi connectivity index (χ3n) is 8.56. The van der Waals surface area contributed by atoms with Crippen LogP contribution in [0.2, 0.25) is 0 Å². The number of aliphatic hydroxyl groups is 18. The Morgan fingerprint density at radius 3 is 1.45 bits per heavy atom. The number of hydrogen-bond donors (Lipinski definition) is 18. The topological polar surface area (TPSA) is 410 Å². The lowest BCUT2D eigenvalue weighted by molar-refractivity contribution is -0.465. The molecule has 0 aromatic carbocycles. The van der Waals surface area contributed by atoms with Crippen molar-refractivity contribution in [1.82, 2.24) is 0 Å². The Hall–Kier alpha value is -0.920. The van der Waals surface area contributed by atoms with Gasteiger partial charge in [0.25, 0.3) is 0 Å². The van der Waals surface area contributed by atoms with Gasteiger partial charge in [0.05, 0.1) is 26.4 Å². The van der Waals surface area contributed by atoms with Crippen molar-refractivity contribution in [2.75, 3.05) is 26.4 Å². The number of rotatable bonds is 7. The van der Waals surface area contributed by atoms with Crippen LogP contribution in [0.15, 0.2) is 0 Å². The van der Waals surface area contributed by atoms with Crippen molar-refractivity contribution in [3.05, 3.63) is 0 Å². The van der Waals surface area contributed by atoms with Crippen LogP contribution in [0.4, 0.5) is 0 Å². The van der Waals surface area contributed by atoms with Gasteiger partial charge in [-0.25, -0.2) is 0 Å². The van der Waals surface area contributed by atoms with E-state index in [1.807, 2.05) is 0 Å².